The Morgan fingerprint density at radius 3 is 2.14 bits per heavy atom. The normalized spacial score (nSPS) is 13.8. The van der Waals surface area contributed by atoms with Crippen LogP contribution in [0.4, 0.5) is 0 Å². The first-order valence-corrected chi connectivity index (χ1v) is 12.2. The second-order valence-corrected chi connectivity index (χ2v) is 10.2. The highest BCUT2D eigenvalue weighted by atomic mass is 16.4. The molecule has 0 aliphatic carbocycles. The molecule has 37 heavy (non-hydrogen) atoms. The van der Waals surface area contributed by atoms with E-state index in [0.717, 1.165) is 22.0 Å². The van der Waals surface area contributed by atoms with E-state index in [2.05, 4.69) is 20.9 Å². The monoisotopic (exact) mass is 506 g/mol. The summed E-state index contributed by atoms with van der Waals surface area (Å²) in [4.78, 5) is 53.6. The zero-order chi connectivity index (χ0) is 27.2. The van der Waals surface area contributed by atoms with Crippen molar-refractivity contribution >= 4 is 34.6 Å². The van der Waals surface area contributed by atoms with E-state index in [1.807, 2.05) is 54.6 Å². The highest BCUT2D eigenvalue weighted by Gasteiger charge is 2.30. The predicted octanol–water partition coefficient (Wildman–Crippen LogP) is 2.56. The van der Waals surface area contributed by atoms with E-state index in [-0.39, 0.29) is 18.7 Å². The first-order valence-electron chi connectivity index (χ1n) is 12.2. The Balaban J connectivity index is 1.68. The van der Waals surface area contributed by atoms with Crippen molar-refractivity contribution in [2.24, 2.45) is 5.41 Å². The molecule has 0 bridgehead atoms. The van der Waals surface area contributed by atoms with Crippen LogP contribution in [0.2, 0.25) is 0 Å². The summed E-state index contributed by atoms with van der Waals surface area (Å²) in [6.07, 6.45) is 2.04. The zero-order valence-corrected chi connectivity index (χ0v) is 21.5. The van der Waals surface area contributed by atoms with Gasteiger partial charge in [-0.25, -0.2) is 4.79 Å². The number of carboxylic acid groups (broad SMARTS) is 1. The fraction of sp³-hybridized carbons (Fsp3) is 0.357. The van der Waals surface area contributed by atoms with Crippen molar-refractivity contribution in [1.82, 2.24) is 20.9 Å². The van der Waals surface area contributed by atoms with Gasteiger partial charge in [0.1, 0.15) is 18.1 Å². The number of carbonyl (C=O) groups excluding carboxylic acids is 3. The molecule has 0 fully saturated rings. The van der Waals surface area contributed by atoms with Crippen LogP contribution in [0.15, 0.2) is 60.8 Å². The third-order valence-corrected chi connectivity index (χ3v) is 6.05. The van der Waals surface area contributed by atoms with Crippen LogP contribution >= 0.6 is 0 Å². The second kappa shape index (κ2) is 11.7. The Kier molecular flexibility index (Phi) is 8.70. The molecule has 1 aromatic heterocycles. The maximum atomic E-state index is 13.1. The van der Waals surface area contributed by atoms with Gasteiger partial charge in [0, 0.05) is 35.4 Å². The van der Waals surface area contributed by atoms with Crippen molar-refractivity contribution in [2.75, 3.05) is 0 Å². The number of carbonyl (C=O) groups is 4. The van der Waals surface area contributed by atoms with Gasteiger partial charge < -0.3 is 26.0 Å². The molecule has 0 aliphatic heterocycles. The van der Waals surface area contributed by atoms with Gasteiger partial charge in [0.2, 0.25) is 17.7 Å². The SMILES string of the molecule is C[C@H](NC(=O)[C@@H](Cc1ccccc1)NC(=O)C(C)(C)C)C(=O)N[C@@H](Cc1c[nH]c2ccccc12)C(=O)O. The van der Waals surface area contributed by atoms with Crippen LogP contribution < -0.4 is 16.0 Å². The first kappa shape index (κ1) is 27.4. The number of hydrogen-bond donors (Lipinski definition) is 5. The molecule has 0 aliphatic rings. The highest BCUT2D eigenvalue weighted by molar-refractivity contribution is 5.94. The minimum atomic E-state index is -1.19. The lowest BCUT2D eigenvalue weighted by atomic mass is 9.94. The Labute approximate surface area is 216 Å². The Hall–Kier alpha value is -4.14. The standard InChI is InChI=1S/C28H34N4O5/c1-17(24(33)31-23(26(35)36)15-19-16-29-21-13-9-8-12-20(19)21)30-25(34)22(32-27(37)28(2,3)4)14-18-10-6-5-7-11-18/h5-13,16-17,22-23,29H,14-15H2,1-4H3,(H,30,34)(H,31,33)(H,32,37)(H,35,36)/t17-,22+,23-/m0/s1. The molecule has 1 heterocycles. The smallest absolute Gasteiger partial charge is 0.326 e. The molecule has 9 nitrogen and oxygen atoms in total. The second-order valence-electron chi connectivity index (χ2n) is 10.2. The molecule has 0 saturated carbocycles. The summed E-state index contributed by atoms with van der Waals surface area (Å²) in [6.45, 7) is 6.71. The van der Waals surface area contributed by atoms with Crippen LogP contribution in [-0.2, 0) is 32.0 Å². The molecule has 3 aromatic rings. The Morgan fingerprint density at radius 2 is 1.49 bits per heavy atom. The van der Waals surface area contributed by atoms with Gasteiger partial charge in [-0.05, 0) is 24.1 Å². The summed E-state index contributed by atoms with van der Waals surface area (Å²) in [7, 11) is 0. The van der Waals surface area contributed by atoms with Crippen molar-refractivity contribution in [2.45, 2.75) is 58.7 Å². The van der Waals surface area contributed by atoms with Crippen molar-refractivity contribution < 1.29 is 24.3 Å². The quantitative estimate of drug-likeness (QED) is 0.287. The third kappa shape index (κ3) is 7.42. The summed E-state index contributed by atoms with van der Waals surface area (Å²) >= 11 is 0. The Morgan fingerprint density at radius 1 is 0.838 bits per heavy atom. The minimum Gasteiger partial charge on any atom is -0.480 e. The van der Waals surface area contributed by atoms with Crippen molar-refractivity contribution in [3.05, 3.63) is 71.9 Å². The number of para-hydroxylation sites is 1. The molecule has 0 saturated heterocycles. The van der Waals surface area contributed by atoms with Crippen molar-refractivity contribution in [3.8, 4) is 0 Å². The number of carboxylic acids is 1. The summed E-state index contributed by atoms with van der Waals surface area (Å²) in [5.74, 6) is -2.66. The van der Waals surface area contributed by atoms with Gasteiger partial charge in [0.15, 0.2) is 0 Å². The van der Waals surface area contributed by atoms with Crippen molar-refractivity contribution in [3.63, 3.8) is 0 Å². The average Bonchev–Trinajstić information content (AvgIpc) is 3.25. The number of amides is 3. The van der Waals surface area contributed by atoms with Crippen LogP contribution in [0.25, 0.3) is 10.9 Å². The number of hydrogen-bond acceptors (Lipinski definition) is 4. The van der Waals surface area contributed by atoms with Gasteiger partial charge in [-0.15, -0.1) is 0 Å². The zero-order valence-electron chi connectivity index (χ0n) is 21.5. The van der Waals surface area contributed by atoms with E-state index in [1.54, 1.807) is 27.0 Å². The molecule has 3 atom stereocenters. The predicted molar refractivity (Wildman–Crippen MR) is 141 cm³/mol. The summed E-state index contributed by atoms with van der Waals surface area (Å²) in [5.41, 5.74) is 1.76. The molecule has 3 amide bonds. The summed E-state index contributed by atoms with van der Waals surface area (Å²) in [6, 6.07) is 13.6. The number of rotatable bonds is 10. The van der Waals surface area contributed by atoms with Gasteiger partial charge in [0.05, 0.1) is 0 Å². The Bertz CT molecular complexity index is 1260. The number of nitrogens with one attached hydrogen (secondary N) is 4. The maximum absolute atomic E-state index is 13.1. The van der Waals surface area contributed by atoms with E-state index in [4.69, 9.17) is 0 Å². The van der Waals surface area contributed by atoms with E-state index < -0.39 is 41.3 Å². The van der Waals surface area contributed by atoms with E-state index >= 15 is 0 Å². The van der Waals surface area contributed by atoms with E-state index in [0.29, 0.717) is 0 Å². The van der Waals surface area contributed by atoms with Gasteiger partial charge >= 0.3 is 5.97 Å². The fourth-order valence-electron chi connectivity index (χ4n) is 3.83. The van der Waals surface area contributed by atoms with Gasteiger partial charge in [-0.2, -0.15) is 0 Å². The lowest BCUT2D eigenvalue weighted by Gasteiger charge is -2.25. The molecule has 0 radical (unpaired) electrons. The van der Waals surface area contributed by atoms with E-state index in [9.17, 15) is 24.3 Å². The largest absolute Gasteiger partial charge is 0.480 e. The van der Waals surface area contributed by atoms with Crippen molar-refractivity contribution in [1.29, 1.82) is 0 Å². The fourth-order valence-corrected chi connectivity index (χ4v) is 3.83. The van der Waals surface area contributed by atoms with Crippen LogP contribution in [0.1, 0.15) is 38.8 Å². The molecular formula is C28H34N4O5. The molecule has 5 N–H and O–H groups in total. The lowest BCUT2D eigenvalue weighted by molar-refractivity contribution is -0.142. The van der Waals surface area contributed by atoms with Crippen LogP contribution in [-0.4, -0.2) is 51.9 Å². The summed E-state index contributed by atoms with van der Waals surface area (Å²) < 4.78 is 0. The van der Waals surface area contributed by atoms with Gasteiger partial charge in [-0.3, -0.25) is 14.4 Å². The molecular weight excluding hydrogens is 472 g/mol. The summed E-state index contributed by atoms with van der Waals surface area (Å²) in [5, 5.41) is 18.5. The maximum Gasteiger partial charge on any atom is 0.326 e. The van der Waals surface area contributed by atoms with Crippen LogP contribution in [0.5, 0.6) is 0 Å². The number of fused-ring (bicyclic) bond motifs is 1. The lowest BCUT2D eigenvalue weighted by Crippen LogP contribution is -2.56. The number of aromatic amines is 1. The molecule has 9 heteroatoms. The highest BCUT2D eigenvalue weighted by Crippen LogP contribution is 2.19. The number of benzene rings is 2. The first-order chi connectivity index (χ1) is 17.5. The molecule has 196 valence electrons. The number of aromatic nitrogens is 1. The molecule has 0 unspecified atom stereocenters. The van der Waals surface area contributed by atoms with E-state index in [1.165, 1.54) is 6.92 Å². The van der Waals surface area contributed by atoms with Crippen LogP contribution in [0, 0.1) is 5.41 Å². The molecule has 0 spiro atoms. The molecule has 2 aromatic carbocycles. The molecule has 3 rings (SSSR count). The van der Waals surface area contributed by atoms with Gasteiger partial charge in [-0.1, -0.05) is 69.3 Å². The average molecular weight is 507 g/mol. The minimum absolute atomic E-state index is 0.0734. The van der Waals surface area contributed by atoms with Crippen LogP contribution in [0.3, 0.4) is 0 Å². The van der Waals surface area contributed by atoms with Gasteiger partial charge in [0.25, 0.3) is 0 Å². The number of H-pyrrole nitrogens is 1. The number of aliphatic carboxylic acids is 1. The third-order valence-electron chi connectivity index (χ3n) is 6.05. The topological polar surface area (TPSA) is 140 Å².